The van der Waals surface area contributed by atoms with Crippen molar-refractivity contribution in [3.63, 3.8) is 0 Å². The van der Waals surface area contributed by atoms with Crippen molar-refractivity contribution in [3.8, 4) is 11.6 Å². The number of aromatic nitrogens is 3. The molecule has 1 atom stereocenters. The third kappa shape index (κ3) is 2.28. The maximum Gasteiger partial charge on any atom is 0.293 e. The highest BCUT2D eigenvalue weighted by molar-refractivity contribution is 5.46. The number of nitrogens with zero attached hydrogens (tertiary/aromatic N) is 2. The van der Waals surface area contributed by atoms with E-state index in [9.17, 15) is 4.79 Å². The number of aromatic amines is 1. The van der Waals surface area contributed by atoms with E-state index in [4.69, 9.17) is 9.15 Å². The van der Waals surface area contributed by atoms with E-state index >= 15 is 0 Å². The minimum absolute atomic E-state index is 0.185. The summed E-state index contributed by atoms with van der Waals surface area (Å²) in [5.74, 6) is 0.464. The molecule has 0 saturated heterocycles. The summed E-state index contributed by atoms with van der Waals surface area (Å²) in [7, 11) is 0. The Balaban J connectivity index is 2.05. The molecule has 2 aromatic heterocycles. The van der Waals surface area contributed by atoms with E-state index in [1.165, 1.54) is 6.26 Å². The molecule has 1 N–H and O–H groups in total. The summed E-state index contributed by atoms with van der Waals surface area (Å²) in [6.07, 6.45) is 3.44. The Morgan fingerprint density at radius 2 is 2.56 bits per heavy atom. The molecule has 0 aliphatic rings. The van der Waals surface area contributed by atoms with Crippen LogP contribution in [0, 0.1) is 0 Å². The summed E-state index contributed by atoms with van der Waals surface area (Å²) < 4.78 is 9.88. The summed E-state index contributed by atoms with van der Waals surface area (Å²) in [6.45, 7) is 2.25. The molecule has 0 aliphatic carbocycles. The number of rotatable bonds is 5. The zero-order chi connectivity index (χ0) is 11.4. The van der Waals surface area contributed by atoms with Crippen molar-refractivity contribution in [3.05, 3.63) is 24.2 Å². The molecule has 16 heavy (non-hydrogen) atoms. The topological polar surface area (TPSA) is 81.0 Å². The highest BCUT2D eigenvalue weighted by Gasteiger charge is 2.10. The van der Waals surface area contributed by atoms with Crippen LogP contribution in [0.25, 0.3) is 11.6 Å². The maximum atomic E-state index is 10.1. The Kier molecular flexibility index (Phi) is 3.00. The molecular weight excluding hydrogens is 210 g/mol. The molecule has 6 heteroatoms. The summed E-state index contributed by atoms with van der Waals surface area (Å²) in [6, 6.07) is 1.82. The second kappa shape index (κ2) is 4.61. The molecule has 84 valence electrons. The highest BCUT2D eigenvalue weighted by atomic mass is 16.5. The van der Waals surface area contributed by atoms with Gasteiger partial charge in [-0.25, -0.2) is 4.98 Å². The summed E-state index contributed by atoms with van der Waals surface area (Å²) in [5, 5.41) is 6.88. The van der Waals surface area contributed by atoms with Crippen LogP contribution in [0.3, 0.4) is 0 Å². The van der Waals surface area contributed by atoms with Crippen molar-refractivity contribution in [1.29, 1.82) is 0 Å². The normalized spacial score (nSPS) is 12.3. The lowest BCUT2D eigenvalue weighted by atomic mass is 10.2. The van der Waals surface area contributed by atoms with Gasteiger partial charge in [-0.05, 0) is 13.0 Å². The Labute approximate surface area is 91.6 Å². The molecule has 2 aromatic rings. The molecule has 0 aromatic carbocycles. The first-order valence-electron chi connectivity index (χ1n) is 4.83. The number of oxazole rings is 1. The van der Waals surface area contributed by atoms with Crippen LogP contribution in [0.2, 0.25) is 0 Å². The third-order valence-corrected chi connectivity index (χ3v) is 2.08. The summed E-state index contributed by atoms with van der Waals surface area (Å²) in [4.78, 5) is 14.1. The highest BCUT2D eigenvalue weighted by Crippen LogP contribution is 2.15. The maximum absolute atomic E-state index is 10.1. The minimum Gasteiger partial charge on any atom is -0.464 e. The fourth-order valence-corrected chi connectivity index (χ4v) is 1.38. The largest absolute Gasteiger partial charge is 0.464 e. The molecule has 0 spiro atoms. The Morgan fingerprint density at radius 1 is 1.69 bits per heavy atom. The molecule has 2 rings (SSSR count). The molecule has 0 fully saturated rings. The smallest absolute Gasteiger partial charge is 0.293 e. The Morgan fingerprint density at radius 3 is 3.25 bits per heavy atom. The SMILES string of the molecule is CC(Cc1cc(-c2ncco2)n[nH]1)OC=O. The molecule has 2 heterocycles. The second-order valence-electron chi connectivity index (χ2n) is 3.36. The number of H-pyrrole nitrogens is 1. The van der Waals surface area contributed by atoms with Crippen LogP contribution in [0.1, 0.15) is 12.6 Å². The number of hydrogen-bond donors (Lipinski definition) is 1. The van der Waals surface area contributed by atoms with Crippen molar-refractivity contribution >= 4 is 6.47 Å². The van der Waals surface area contributed by atoms with Crippen molar-refractivity contribution in [2.45, 2.75) is 19.4 Å². The number of carbonyl (C=O) groups excluding carboxylic acids is 1. The average molecular weight is 221 g/mol. The van der Waals surface area contributed by atoms with Crippen LogP contribution in [0.5, 0.6) is 0 Å². The molecule has 0 radical (unpaired) electrons. The van der Waals surface area contributed by atoms with E-state index in [0.717, 1.165) is 5.69 Å². The van der Waals surface area contributed by atoms with E-state index in [1.807, 2.05) is 6.07 Å². The number of carbonyl (C=O) groups is 1. The van der Waals surface area contributed by atoms with E-state index in [-0.39, 0.29) is 6.10 Å². The van der Waals surface area contributed by atoms with Gasteiger partial charge in [-0.2, -0.15) is 5.10 Å². The average Bonchev–Trinajstić information content (AvgIpc) is 2.86. The lowest BCUT2D eigenvalue weighted by molar-refractivity contribution is -0.132. The van der Waals surface area contributed by atoms with Crippen LogP contribution >= 0.6 is 0 Å². The van der Waals surface area contributed by atoms with Crippen LogP contribution in [-0.2, 0) is 16.0 Å². The quantitative estimate of drug-likeness (QED) is 0.766. The van der Waals surface area contributed by atoms with Gasteiger partial charge in [-0.1, -0.05) is 0 Å². The molecule has 0 amide bonds. The first-order chi connectivity index (χ1) is 7.79. The van der Waals surface area contributed by atoms with Gasteiger partial charge in [0.25, 0.3) is 6.47 Å². The van der Waals surface area contributed by atoms with Gasteiger partial charge in [0.1, 0.15) is 18.1 Å². The standard InChI is InChI=1S/C10H11N3O3/c1-7(16-6-14)4-8-5-9(13-12-8)10-11-2-3-15-10/h2-3,5-7H,4H2,1H3,(H,12,13). The van der Waals surface area contributed by atoms with E-state index in [1.54, 1.807) is 13.1 Å². The van der Waals surface area contributed by atoms with Gasteiger partial charge in [0.05, 0.1) is 6.20 Å². The fourth-order valence-electron chi connectivity index (χ4n) is 1.38. The number of ether oxygens (including phenoxy) is 1. The molecule has 1 unspecified atom stereocenters. The van der Waals surface area contributed by atoms with Gasteiger partial charge in [0, 0.05) is 12.1 Å². The first-order valence-corrected chi connectivity index (χ1v) is 4.83. The van der Waals surface area contributed by atoms with Crippen molar-refractivity contribution in [1.82, 2.24) is 15.2 Å². The first kappa shape index (κ1) is 10.4. The lowest BCUT2D eigenvalue weighted by Crippen LogP contribution is -2.10. The predicted molar refractivity (Wildman–Crippen MR) is 54.4 cm³/mol. The molecule has 0 aliphatic heterocycles. The summed E-state index contributed by atoms with van der Waals surface area (Å²) >= 11 is 0. The van der Waals surface area contributed by atoms with Gasteiger partial charge < -0.3 is 9.15 Å². The zero-order valence-corrected chi connectivity index (χ0v) is 8.71. The van der Waals surface area contributed by atoms with Crippen molar-refractivity contribution in [2.24, 2.45) is 0 Å². The monoisotopic (exact) mass is 221 g/mol. The number of hydrogen-bond acceptors (Lipinski definition) is 5. The van der Waals surface area contributed by atoms with Gasteiger partial charge in [-0.15, -0.1) is 0 Å². The molecular formula is C10H11N3O3. The van der Waals surface area contributed by atoms with Crippen LogP contribution in [0.15, 0.2) is 22.9 Å². The Bertz CT molecular complexity index is 450. The van der Waals surface area contributed by atoms with Gasteiger partial charge >= 0.3 is 0 Å². The summed E-state index contributed by atoms with van der Waals surface area (Å²) in [5.41, 5.74) is 1.50. The van der Waals surface area contributed by atoms with E-state index in [0.29, 0.717) is 24.5 Å². The fraction of sp³-hybridized carbons (Fsp3) is 0.300. The van der Waals surface area contributed by atoms with Crippen molar-refractivity contribution < 1.29 is 13.9 Å². The van der Waals surface area contributed by atoms with E-state index in [2.05, 4.69) is 15.2 Å². The number of nitrogens with one attached hydrogen (secondary N) is 1. The van der Waals surface area contributed by atoms with Crippen molar-refractivity contribution in [2.75, 3.05) is 0 Å². The third-order valence-electron chi connectivity index (χ3n) is 2.08. The molecule has 0 bridgehead atoms. The molecule has 0 saturated carbocycles. The van der Waals surface area contributed by atoms with Crippen LogP contribution in [-0.4, -0.2) is 27.8 Å². The van der Waals surface area contributed by atoms with Crippen LogP contribution < -0.4 is 0 Å². The van der Waals surface area contributed by atoms with Crippen LogP contribution in [0.4, 0.5) is 0 Å². The zero-order valence-electron chi connectivity index (χ0n) is 8.71. The van der Waals surface area contributed by atoms with Gasteiger partial charge in [0.2, 0.25) is 5.89 Å². The van der Waals surface area contributed by atoms with E-state index < -0.39 is 0 Å². The van der Waals surface area contributed by atoms with Gasteiger partial charge in [0.15, 0.2) is 0 Å². The Hall–Kier alpha value is -2.11. The van der Waals surface area contributed by atoms with Gasteiger partial charge in [-0.3, -0.25) is 9.89 Å². The molecule has 6 nitrogen and oxygen atoms in total. The predicted octanol–water partition coefficient (Wildman–Crippen LogP) is 1.17. The second-order valence-corrected chi connectivity index (χ2v) is 3.36. The minimum atomic E-state index is -0.185. The lowest BCUT2D eigenvalue weighted by Gasteiger charge is -2.06.